The summed E-state index contributed by atoms with van der Waals surface area (Å²) in [6.45, 7) is 1.69. The van der Waals surface area contributed by atoms with E-state index in [1.807, 2.05) is 0 Å². The average molecular weight is 288 g/mol. The summed E-state index contributed by atoms with van der Waals surface area (Å²) in [5.74, 6) is -0.277. The number of nitrogens with zero attached hydrogens (tertiary/aromatic N) is 1. The average Bonchev–Trinajstić information content (AvgIpc) is 2.60. The van der Waals surface area contributed by atoms with Crippen molar-refractivity contribution in [3.05, 3.63) is 0 Å². The van der Waals surface area contributed by atoms with Gasteiger partial charge in [0.2, 0.25) is 0 Å². The summed E-state index contributed by atoms with van der Waals surface area (Å²) in [5, 5.41) is 2.33. The molecule has 1 heterocycles. The van der Waals surface area contributed by atoms with Crippen LogP contribution in [0.25, 0.3) is 0 Å². The van der Waals surface area contributed by atoms with Crippen molar-refractivity contribution < 1.29 is 18.0 Å². The van der Waals surface area contributed by atoms with E-state index in [-0.39, 0.29) is 24.0 Å². The maximum atomic E-state index is 12.0. The predicted octanol–water partition coefficient (Wildman–Crippen LogP) is 0.676. The largest absolute Gasteiger partial charge is 0.325 e. The van der Waals surface area contributed by atoms with Crippen LogP contribution < -0.4 is 5.32 Å². The van der Waals surface area contributed by atoms with Crippen LogP contribution in [0, 0.1) is 0 Å². The van der Waals surface area contributed by atoms with E-state index in [0.29, 0.717) is 12.8 Å². The SMILES string of the molecule is CCS(=O)(=O)CCN1C(=O)NC(=O)C12CCCCC2. The van der Waals surface area contributed by atoms with Crippen molar-refractivity contribution in [2.45, 2.75) is 44.6 Å². The molecule has 0 aromatic heterocycles. The second kappa shape index (κ2) is 5.11. The number of urea groups is 1. The van der Waals surface area contributed by atoms with Crippen molar-refractivity contribution in [1.82, 2.24) is 10.2 Å². The number of rotatable bonds is 4. The van der Waals surface area contributed by atoms with Gasteiger partial charge in [-0.25, -0.2) is 13.2 Å². The van der Waals surface area contributed by atoms with E-state index in [4.69, 9.17) is 0 Å². The van der Waals surface area contributed by atoms with Gasteiger partial charge >= 0.3 is 6.03 Å². The fourth-order valence-electron chi connectivity index (χ4n) is 2.92. The van der Waals surface area contributed by atoms with Crippen LogP contribution in [0.3, 0.4) is 0 Å². The summed E-state index contributed by atoms with van der Waals surface area (Å²) in [7, 11) is -3.14. The van der Waals surface area contributed by atoms with Crippen LogP contribution in [0.5, 0.6) is 0 Å². The van der Waals surface area contributed by atoms with Crippen LogP contribution in [0.1, 0.15) is 39.0 Å². The molecular weight excluding hydrogens is 268 g/mol. The molecule has 2 fully saturated rings. The Hall–Kier alpha value is -1.11. The van der Waals surface area contributed by atoms with Gasteiger partial charge in [0.15, 0.2) is 9.84 Å². The van der Waals surface area contributed by atoms with Crippen LogP contribution in [-0.2, 0) is 14.6 Å². The highest BCUT2D eigenvalue weighted by molar-refractivity contribution is 7.91. The highest BCUT2D eigenvalue weighted by atomic mass is 32.2. The van der Waals surface area contributed by atoms with Gasteiger partial charge in [0.25, 0.3) is 5.91 Å². The van der Waals surface area contributed by atoms with Crippen LogP contribution in [0.2, 0.25) is 0 Å². The van der Waals surface area contributed by atoms with Crippen molar-refractivity contribution in [3.8, 4) is 0 Å². The van der Waals surface area contributed by atoms with Crippen molar-refractivity contribution >= 4 is 21.8 Å². The smallest absolute Gasteiger partial charge is 0.309 e. The van der Waals surface area contributed by atoms with Gasteiger partial charge in [-0.3, -0.25) is 10.1 Å². The topological polar surface area (TPSA) is 83.6 Å². The zero-order valence-corrected chi connectivity index (χ0v) is 12.0. The van der Waals surface area contributed by atoms with Crippen molar-refractivity contribution in [2.24, 2.45) is 0 Å². The summed E-state index contributed by atoms with van der Waals surface area (Å²) in [5.41, 5.74) is -0.793. The highest BCUT2D eigenvalue weighted by Crippen LogP contribution is 2.36. The van der Waals surface area contributed by atoms with Crippen LogP contribution in [0.15, 0.2) is 0 Å². The Kier molecular flexibility index (Phi) is 3.85. The number of hydrogen-bond acceptors (Lipinski definition) is 4. The zero-order chi connectivity index (χ0) is 14.1. The number of carbonyl (C=O) groups excluding carboxylic acids is 2. The molecule has 6 nitrogen and oxygen atoms in total. The zero-order valence-electron chi connectivity index (χ0n) is 11.1. The Balaban J connectivity index is 2.16. The summed E-state index contributed by atoms with van der Waals surface area (Å²) in [4.78, 5) is 25.4. The predicted molar refractivity (Wildman–Crippen MR) is 70.4 cm³/mol. The molecule has 0 bridgehead atoms. The molecule has 2 rings (SSSR count). The van der Waals surface area contributed by atoms with Gasteiger partial charge in [-0.15, -0.1) is 0 Å². The lowest BCUT2D eigenvalue weighted by molar-refractivity contribution is -0.128. The molecule has 0 unspecified atom stereocenters. The Morgan fingerprint density at radius 2 is 1.84 bits per heavy atom. The van der Waals surface area contributed by atoms with Gasteiger partial charge in [0.1, 0.15) is 5.54 Å². The molecule has 3 amide bonds. The third-order valence-corrected chi connectivity index (χ3v) is 5.84. The van der Waals surface area contributed by atoms with E-state index >= 15 is 0 Å². The first kappa shape index (κ1) is 14.3. The van der Waals surface area contributed by atoms with Crippen LogP contribution >= 0.6 is 0 Å². The molecule has 1 spiro atoms. The van der Waals surface area contributed by atoms with Gasteiger partial charge in [-0.2, -0.15) is 0 Å². The number of hydrogen-bond donors (Lipinski definition) is 1. The van der Waals surface area contributed by atoms with Gasteiger partial charge in [-0.05, 0) is 12.8 Å². The van der Waals surface area contributed by atoms with Gasteiger partial charge in [-0.1, -0.05) is 26.2 Å². The van der Waals surface area contributed by atoms with E-state index in [0.717, 1.165) is 19.3 Å². The van der Waals surface area contributed by atoms with Crippen molar-refractivity contribution in [2.75, 3.05) is 18.1 Å². The Bertz CT molecular complexity index is 480. The van der Waals surface area contributed by atoms with E-state index in [9.17, 15) is 18.0 Å². The summed E-state index contributed by atoms with van der Waals surface area (Å²) in [6, 6.07) is -0.446. The molecule has 1 aliphatic heterocycles. The first-order valence-electron chi connectivity index (χ1n) is 6.75. The van der Waals surface area contributed by atoms with Crippen LogP contribution in [-0.4, -0.2) is 48.8 Å². The van der Waals surface area contributed by atoms with E-state index in [1.165, 1.54) is 4.90 Å². The summed E-state index contributed by atoms with van der Waals surface area (Å²) in [6.07, 6.45) is 4.13. The summed E-state index contributed by atoms with van der Waals surface area (Å²) >= 11 is 0. The second-order valence-electron chi connectivity index (χ2n) is 5.24. The number of nitrogens with one attached hydrogen (secondary N) is 1. The number of amides is 3. The minimum absolute atomic E-state index is 0.0589. The molecule has 108 valence electrons. The third-order valence-electron chi connectivity index (χ3n) is 4.15. The third kappa shape index (κ3) is 2.61. The van der Waals surface area contributed by atoms with E-state index in [1.54, 1.807) is 6.92 Å². The quantitative estimate of drug-likeness (QED) is 0.771. The highest BCUT2D eigenvalue weighted by Gasteiger charge is 2.52. The first-order valence-corrected chi connectivity index (χ1v) is 8.57. The first-order chi connectivity index (χ1) is 8.91. The molecule has 1 saturated heterocycles. The monoisotopic (exact) mass is 288 g/mol. The lowest BCUT2D eigenvalue weighted by Gasteiger charge is -2.38. The van der Waals surface area contributed by atoms with Crippen molar-refractivity contribution in [3.63, 3.8) is 0 Å². The molecule has 1 saturated carbocycles. The minimum atomic E-state index is -3.14. The maximum Gasteiger partial charge on any atom is 0.325 e. The molecule has 7 heteroatoms. The normalized spacial score (nSPS) is 22.9. The molecular formula is C12H20N2O4S. The van der Waals surface area contributed by atoms with E-state index < -0.39 is 21.4 Å². The standard InChI is InChI=1S/C12H20N2O4S/c1-2-19(17,18)9-8-14-11(16)13-10(15)12(14)6-4-3-5-7-12/h2-9H2,1H3,(H,13,15,16). The fourth-order valence-corrected chi connectivity index (χ4v) is 3.67. The molecule has 19 heavy (non-hydrogen) atoms. The lowest BCUT2D eigenvalue weighted by Crippen LogP contribution is -2.52. The van der Waals surface area contributed by atoms with Gasteiger partial charge < -0.3 is 4.90 Å². The minimum Gasteiger partial charge on any atom is -0.309 e. The summed E-state index contributed by atoms with van der Waals surface area (Å²) < 4.78 is 23.1. The van der Waals surface area contributed by atoms with Crippen molar-refractivity contribution in [1.29, 1.82) is 0 Å². The Labute approximate surface area is 113 Å². The molecule has 2 aliphatic rings. The van der Waals surface area contributed by atoms with Crippen LogP contribution in [0.4, 0.5) is 4.79 Å². The number of sulfone groups is 1. The Morgan fingerprint density at radius 1 is 1.21 bits per heavy atom. The molecule has 0 aromatic carbocycles. The Morgan fingerprint density at radius 3 is 2.42 bits per heavy atom. The lowest BCUT2D eigenvalue weighted by atomic mass is 9.80. The van der Waals surface area contributed by atoms with Gasteiger partial charge in [0, 0.05) is 12.3 Å². The molecule has 1 aliphatic carbocycles. The molecule has 0 atom stereocenters. The number of carbonyl (C=O) groups is 2. The maximum absolute atomic E-state index is 12.0. The van der Waals surface area contributed by atoms with E-state index in [2.05, 4.69) is 5.32 Å². The fraction of sp³-hybridized carbons (Fsp3) is 0.833. The molecule has 0 radical (unpaired) electrons. The second-order valence-corrected chi connectivity index (χ2v) is 7.71. The number of imide groups is 1. The molecule has 1 N–H and O–H groups in total. The molecule has 0 aromatic rings. The van der Waals surface area contributed by atoms with Gasteiger partial charge in [0.05, 0.1) is 5.75 Å².